The molecule has 3 atom stereocenters. The number of carbonyl (C=O) groups excluding carboxylic acids is 1. The Hall–Kier alpha value is -1.59. The molecule has 0 aliphatic heterocycles. The third-order valence-electron chi connectivity index (χ3n) is 6.07. The summed E-state index contributed by atoms with van der Waals surface area (Å²) in [6.45, 7) is 13.8. The van der Waals surface area contributed by atoms with Crippen molar-refractivity contribution in [1.29, 1.82) is 0 Å². The molecule has 1 aromatic carbocycles. The number of carbonyl (C=O) groups is 1. The first-order chi connectivity index (χ1) is 13.1. The van der Waals surface area contributed by atoms with Crippen LogP contribution in [-0.2, 0) is 15.8 Å². The third kappa shape index (κ3) is 6.49. The Morgan fingerprint density at radius 3 is 2.50 bits per heavy atom. The van der Waals surface area contributed by atoms with Crippen LogP contribution in [0.2, 0.25) is 18.1 Å². The van der Waals surface area contributed by atoms with E-state index in [2.05, 4.69) is 51.3 Å². The second-order valence-electron chi connectivity index (χ2n) is 9.32. The molecule has 28 heavy (non-hydrogen) atoms. The van der Waals surface area contributed by atoms with Gasteiger partial charge in [0.1, 0.15) is 6.61 Å². The Morgan fingerprint density at radius 1 is 1.21 bits per heavy atom. The number of nitrogens with one attached hydrogen (secondary N) is 1. The van der Waals surface area contributed by atoms with Gasteiger partial charge in [0.05, 0.1) is 0 Å². The van der Waals surface area contributed by atoms with Crippen molar-refractivity contribution >= 4 is 14.4 Å². The van der Waals surface area contributed by atoms with E-state index in [-0.39, 0.29) is 29.2 Å². The number of allylic oxidation sites excluding steroid dienone is 1. The van der Waals surface area contributed by atoms with Crippen LogP contribution in [0.3, 0.4) is 0 Å². The van der Waals surface area contributed by atoms with Crippen LogP contribution in [0, 0.1) is 5.92 Å². The van der Waals surface area contributed by atoms with Gasteiger partial charge in [-0.2, -0.15) is 0 Å². The summed E-state index contributed by atoms with van der Waals surface area (Å²) in [6.07, 6.45) is 7.03. The van der Waals surface area contributed by atoms with Crippen molar-refractivity contribution in [2.75, 3.05) is 0 Å². The molecule has 1 aliphatic rings. The van der Waals surface area contributed by atoms with Crippen LogP contribution < -0.4 is 5.32 Å². The molecule has 0 radical (unpaired) electrons. The van der Waals surface area contributed by atoms with Gasteiger partial charge in [-0.3, -0.25) is 0 Å². The van der Waals surface area contributed by atoms with Crippen LogP contribution in [0.15, 0.2) is 42.5 Å². The fourth-order valence-electron chi connectivity index (χ4n) is 3.42. The monoisotopic (exact) mass is 403 g/mol. The largest absolute Gasteiger partial charge is 0.445 e. The molecule has 1 aromatic rings. The van der Waals surface area contributed by atoms with E-state index in [1.165, 1.54) is 0 Å². The number of amides is 1. The molecule has 0 saturated heterocycles. The molecule has 0 bridgehead atoms. The lowest BCUT2D eigenvalue weighted by atomic mass is 9.82. The van der Waals surface area contributed by atoms with E-state index >= 15 is 0 Å². The number of rotatable bonds is 6. The maximum Gasteiger partial charge on any atom is 0.407 e. The molecule has 0 aromatic heterocycles. The van der Waals surface area contributed by atoms with Gasteiger partial charge in [-0.15, -0.1) is 0 Å². The summed E-state index contributed by atoms with van der Waals surface area (Å²) in [5.74, 6) is 0.276. The van der Waals surface area contributed by atoms with E-state index in [1.807, 2.05) is 37.3 Å². The summed E-state index contributed by atoms with van der Waals surface area (Å²) in [7, 11) is -1.79. The predicted molar refractivity (Wildman–Crippen MR) is 118 cm³/mol. The zero-order chi connectivity index (χ0) is 20.8. The minimum Gasteiger partial charge on any atom is -0.445 e. The summed E-state index contributed by atoms with van der Waals surface area (Å²) in [5.41, 5.74) is 0.995. The maximum atomic E-state index is 12.3. The highest BCUT2D eigenvalue weighted by atomic mass is 28.4. The average molecular weight is 404 g/mol. The van der Waals surface area contributed by atoms with Gasteiger partial charge in [0, 0.05) is 12.1 Å². The Labute approximate surface area is 171 Å². The van der Waals surface area contributed by atoms with E-state index < -0.39 is 8.32 Å². The Bertz CT molecular complexity index is 652. The Morgan fingerprint density at radius 2 is 1.89 bits per heavy atom. The molecular weight excluding hydrogens is 366 g/mol. The quantitative estimate of drug-likeness (QED) is 0.465. The summed E-state index contributed by atoms with van der Waals surface area (Å²) >= 11 is 0. The zero-order valence-corrected chi connectivity index (χ0v) is 19.3. The summed E-state index contributed by atoms with van der Waals surface area (Å²) in [4.78, 5) is 12.3. The normalized spacial score (nSPS) is 23.6. The van der Waals surface area contributed by atoms with Crippen LogP contribution in [-0.4, -0.2) is 26.6 Å². The van der Waals surface area contributed by atoms with E-state index in [0.29, 0.717) is 6.61 Å². The van der Waals surface area contributed by atoms with Crippen molar-refractivity contribution < 1.29 is 14.0 Å². The van der Waals surface area contributed by atoms with Crippen LogP contribution in [0.4, 0.5) is 4.79 Å². The zero-order valence-electron chi connectivity index (χ0n) is 18.3. The first-order valence-corrected chi connectivity index (χ1v) is 13.3. The van der Waals surface area contributed by atoms with E-state index in [4.69, 9.17) is 9.16 Å². The molecule has 1 aliphatic carbocycles. The molecule has 2 rings (SSSR count). The minimum absolute atomic E-state index is 0.0961. The second kappa shape index (κ2) is 9.75. The Balaban J connectivity index is 1.91. The number of benzene rings is 1. The topological polar surface area (TPSA) is 47.6 Å². The van der Waals surface area contributed by atoms with Crippen molar-refractivity contribution in [3.63, 3.8) is 0 Å². The molecule has 4 nitrogen and oxygen atoms in total. The number of ether oxygens (including phenoxy) is 1. The van der Waals surface area contributed by atoms with Gasteiger partial charge in [-0.05, 0) is 55.8 Å². The van der Waals surface area contributed by atoms with Gasteiger partial charge in [0.25, 0.3) is 0 Å². The predicted octanol–water partition coefficient (Wildman–Crippen LogP) is 6.05. The Kier molecular flexibility index (Phi) is 7.90. The standard InChI is InChI=1S/C23H37NO3Si/c1-7-11-19-16-20(27-28(5,6)23(2,3)4)14-15-21(19)24-22(25)26-17-18-12-9-8-10-13-18/h7-13,19-21H,14-17H2,1-6H3,(H,24,25)/b11-7-/t19-,20-,21+/m1/s1. The van der Waals surface area contributed by atoms with Gasteiger partial charge >= 0.3 is 6.09 Å². The van der Waals surface area contributed by atoms with Gasteiger partial charge in [-0.1, -0.05) is 63.3 Å². The lowest BCUT2D eigenvalue weighted by molar-refractivity contribution is 0.0927. The van der Waals surface area contributed by atoms with Crippen LogP contribution in [0.5, 0.6) is 0 Å². The van der Waals surface area contributed by atoms with Crippen LogP contribution >= 0.6 is 0 Å². The van der Waals surface area contributed by atoms with Gasteiger partial charge in [0.15, 0.2) is 8.32 Å². The van der Waals surface area contributed by atoms with E-state index in [1.54, 1.807) is 0 Å². The molecule has 0 unspecified atom stereocenters. The molecule has 0 heterocycles. The molecule has 1 amide bonds. The fraction of sp³-hybridized carbons (Fsp3) is 0.609. The molecule has 1 fully saturated rings. The smallest absolute Gasteiger partial charge is 0.407 e. The number of alkyl carbamates (subject to hydrolysis) is 1. The van der Waals surface area contributed by atoms with Crippen molar-refractivity contribution in [2.45, 2.75) is 83.8 Å². The summed E-state index contributed by atoms with van der Waals surface area (Å²) in [5, 5.41) is 3.29. The van der Waals surface area contributed by atoms with Crippen LogP contribution in [0.25, 0.3) is 0 Å². The molecule has 5 heteroatoms. The minimum atomic E-state index is -1.79. The lowest BCUT2D eigenvalue weighted by Gasteiger charge is -2.43. The molecule has 0 spiro atoms. The highest BCUT2D eigenvalue weighted by Crippen LogP contribution is 2.40. The third-order valence-corrected chi connectivity index (χ3v) is 10.6. The molecule has 156 valence electrons. The molecule has 1 saturated carbocycles. The van der Waals surface area contributed by atoms with Gasteiger partial charge in [-0.25, -0.2) is 4.79 Å². The lowest BCUT2D eigenvalue weighted by Crippen LogP contribution is -2.49. The fourth-order valence-corrected chi connectivity index (χ4v) is 4.82. The van der Waals surface area contributed by atoms with Crippen molar-refractivity contribution in [2.24, 2.45) is 5.92 Å². The second-order valence-corrected chi connectivity index (χ2v) is 14.1. The average Bonchev–Trinajstić information content (AvgIpc) is 2.62. The first-order valence-electron chi connectivity index (χ1n) is 10.4. The van der Waals surface area contributed by atoms with Gasteiger partial charge in [0.2, 0.25) is 0 Å². The maximum absolute atomic E-state index is 12.3. The SMILES string of the molecule is C/C=C\[C@@H]1C[C@H](O[Si](C)(C)C(C)(C)C)CC[C@@H]1NC(=O)OCc1ccccc1. The van der Waals surface area contributed by atoms with Crippen molar-refractivity contribution in [1.82, 2.24) is 5.32 Å². The first kappa shape index (κ1) is 22.7. The van der Waals surface area contributed by atoms with E-state index in [9.17, 15) is 4.79 Å². The summed E-state index contributed by atoms with van der Waals surface area (Å²) < 4.78 is 12.1. The van der Waals surface area contributed by atoms with Crippen molar-refractivity contribution in [3.05, 3.63) is 48.0 Å². The summed E-state index contributed by atoms with van der Waals surface area (Å²) in [6, 6.07) is 9.86. The van der Waals surface area contributed by atoms with Crippen molar-refractivity contribution in [3.8, 4) is 0 Å². The number of hydrogen-bond donors (Lipinski definition) is 1. The molecular formula is C23H37NO3Si. The number of hydrogen-bond acceptors (Lipinski definition) is 3. The molecule has 1 N–H and O–H groups in total. The highest BCUT2D eigenvalue weighted by molar-refractivity contribution is 6.74. The van der Waals surface area contributed by atoms with E-state index in [0.717, 1.165) is 24.8 Å². The van der Waals surface area contributed by atoms with Crippen LogP contribution in [0.1, 0.15) is 52.5 Å². The highest BCUT2D eigenvalue weighted by Gasteiger charge is 2.41. The van der Waals surface area contributed by atoms with Gasteiger partial charge < -0.3 is 14.5 Å².